The van der Waals surface area contributed by atoms with Gasteiger partial charge in [-0.15, -0.1) is 0 Å². The number of nitrogens with one attached hydrogen (secondary N) is 1. The molecule has 1 aliphatic rings. The van der Waals surface area contributed by atoms with E-state index in [1.54, 1.807) is 29.6 Å². The van der Waals surface area contributed by atoms with Crippen molar-refractivity contribution in [3.05, 3.63) is 84.4 Å². The van der Waals surface area contributed by atoms with E-state index in [-0.39, 0.29) is 0 Å². The maximum Gasteiger partial charge on any atom is 0.416 e. The molecule has 3 rings (SSSR count). The fraction of sp³-hybridized carbons (Fsp3) is 0.0588. The Balaban J connectivity index is 2.02. The molecule has 1 N–H and O–H groups in total. The number of H-pyrrole nitrogens is 1. The van der Waals surface area contributed by atoms with Crippen LogP contribution < -0.4 is 5.01 Å². The lowest BCUT2D eigenvalue weighted by Gasteiger charge is -2.25. The normalized spacial score (nSPS) is 15.1. The summed E-state index contributed by atoms with van der Waals surface area (Å²) in [6.45, 7) is 7.71. The molecule has 1 aromatic carbocycles. The zero-order valence-electron chi connectivity index (χ0n) is 12.5. The van der Waals surface area contributed by atoms with E-state index in [0.29, 0.717) is 22.7 Å². The Hall–Kier alpha value is -3.09. The topological polar surface area (TPSA) is 44.3 Å². The predicted molar refractivity (Wildman–Crippen MR) is 86.5 cm³/mol. The van der Waals surface area contributed by atoms with Crippen LogP contribution in [0.2, 0.25) is 0 Å². The molecule has 0 bridgehead atoms. The van der Waals surface area contributed by atoms with Crippen LogP contribution in [0.15, 0.2) is 78.3 Å². The van der Waals surface area contributed by atoms with Crippen molar-refractivity contribution in [2.45, 2.75) is 6.18 Å². The zero-order chi connectivity index (χ0) is 17.3. The zero-order valence-corrected chi connectivity index (χ0v) is 12.5. The number of nitrogens with zero attached hydrogens (tertiary/aromatic N) is 3. The number of aromatic amines is 1. The molecule has 2 heterocycles. The van der Waals surface area contributed by atoms with E-state index < -0.39 is 11.7 Å². The number of allylic oxidation sites excluding steroid dienone is 2. The van der Waals surface area contributed by atoms with Gasteiger partial charge >= 0.3 is 6.18 Å². The van der Waals surface area contributed by atoms with Crippen molar-refractivity contribution in [2.75, 3.05) is 5.01 Å². The fourth-order valence-electron chi connectivity index (χ4n) is 2.27. The summed E-state index contributed by atoms with van der Waals surface area (Å²) in [5.41, 5.74) is 2.35. The van der Waals surface area contributed by atoms with Crippen molar-refractivity contribution in [2.24, 2.45) is 5.10 Å². The van der Waals surface area contributed by atoms with Gasteiger partial charge in [-0.3, -0.25) is 5.10 Å². The second-order valence-corrected chi connectivity index (χ2v) is 5.08. The third-order valence-electron chi connectivity index (χ3n) is 3.55. The van der Waals surface area contributed by atoms with Crippen molar-refractivity contribution >= 4 is 11.4 Å². The van der Waals surface area contributed by atoms with E-state index in [2.05, 4.69) is 28.5 Å². The molecule has 1 aliphatic heterocycles. The molecule has 0 saturated heterocycles. The molecule has 0 fully saturated rings. The third-order valence-corrected chi connectivity index (χ3v) is 3.55. The Labute approximate surface area is 136 Å². The highest BCUT2D eigenvalue weighted by atomic mass is 19.4. The van der Waals surface area contributed by atoms with Gasteiger partial charge in [0.25, 0.3) is 0 Å². The van der Waals surface area contributed by atoms with Crippen LogP contribution in [0, 0.1) is 0 Å². The van der Waals surface area contributed by atoms with Gasteiger partial charge < -0.3 is 0 Å². The molecule has 4 nitrogen and oxygen atoms in total. The van der Waals surface area contributed by atoms with Crippen LogP contribution in [0.5, 0.6) is 0 Å². The van der Waals surface area contributed by atoms with Crippen molar-refractivity contribution in [3.63, 3.8) is 0 Å². The first-order chi connectivity index (χ1) is 11.4. The molecule has 1 aromatic heterocycles. The van der Waals surface area contributed by atoms with E-state index in [1.165, 1.54) is 12.1 Å². The van der Waals surface area contributed by atoms with Gasteiger partial charge in [-0.05, 0) is 18.2 Å². The van der Waals surface area contributed by atoms with Crippen LogP contribution in [0.25, 0.3) is 0 Å². The molecule has 0 radical (unpaired) electrons. The molecule has 24 heavy (non-hydrogen) atoms. The number of rotatable bonds is 3. The second-order valence-electron chi connectivity index (χ2n) is 5.08. The minimum Gasteiger partial charge on any atom is -0.283 e. The summed E-state index contributed by atoms with van der Waals surface area (Å²) in [7, 11) is 0. The van der Waals surface area contributed by atoms with Crippen molar-refractivity contribution in [1.29, 1.82) is 0 Å². The lowest BCUT2D eigenvalue weighted by molar-refractivity contribution is -0.137. The first-order valence-electron chi connectivity index (χ1n) is 6.98. The van der Waals surface area contributed by atoms with Crippen LogP contribution in [-0.2, 0) is 6.18 Å². The van der Waals surface area contributed by atoms with E-state index in [0.717, 1.165) is 17.7 Å². The van der Waals surface area contributed by atoms with Gasteiger partial charge in [0.15, 0.2) is 0 Å². The van der Waals surface area contributed by atoms with E-state index in [4.69, 9.17) is 0 Å². The van der Waals surface area contributed by atoms with Gasteiger partial charge in [-0.25, -0.2) is 5.01 Å². The molecule has 122 valence electrons. The maximum atomic E-state index is 12.7. The number of hydrogen-bond acceptors (Lipinski definition) is 3. The van der Waals surface area contributed by atoms with Crippen LogP contribution in [0.3, 0.4) is 0 Å². The highest BCUT2D eigenvalue weighted by Crippen LogP contribution is 2.31. The Morgan fingerprint density at radius 1 is 1.17 bits per heavy atom. The highest BCUT2D eigenvalue weighted by Gasteiger charge is 2.30. The fourth-order valence-corrected chi connectivity index (χ4v) is 2.27. The summed E-state index contributed by atoms with van der Waals surface area (Å²) in [6, 6.07) is 4.84. The molecule has 7 heteroatoms. The monoisotopic (exact) mass is 330 g/mol. The molecule has 2 aromatic rings. The molecule has 0 atom stereocenters. The lowest BCUT2D eigenvalue weighted by Crippen LogP contribution is -2.22. The molecule has 0 unspecified atom stereocenters. The molecule has 0 aliphatic carbocycles. The Morgan fingerprint density at radius 2 is 1.88 bits per heavy atom. The SMILES string of the molecule is C=CC1=CC(c2ccc(C(F)(F)F)cc2)=NN(c2cn[nH]c2)C1=C. The summed E-state index contributed by atoms with van der Waals surface area (Å²) in [5.74, 6) is 0. The lowest BCUT2D eigenvalue weighted by atomic mass is 10.0. The Morgan fingerprint density at radius 3 is 2.42 bits per heavy atom. The average Bonchev–Trinajstić information content (AvgIpc) is 3.08. The number of hydrazone groups is 1. The molecular weight excluding hydrogens is 317 g/mol. The Kier molecular flexibility index (Phi) is 3.84. The third kappa shape index (κ3) is 2.88. The highest BCUT2D eigenvalue weighted by molar-refractivity contribution is 6.11. The van der Waals surface area contributed by atoms with Gasteiger partial charge in [0.05, 0.1) is 23.2 Å². The standard InChI is InChI=1S/C17H13F3N4/c1-3-12-8-16(13-4-6-14(7-5-13)17(18,19)20)23-24(11(12)2)15-9-21-22-10-15/h3-10H,1-2H2,(H,21,22). The number of benzene rings is 1. The minimum absolute atomic E-state index is 0.507. The molecular formula is C17H13F3N4. The number of hydrogen-bond donors (Lipinski definition) is 1. The maximum absolute atomic E-state index is 12.7. The second kappa shape index (κ2) is 5.84. The van der Waals surface area contributed by atoms with Gasteiger partial charge in [-0.1, -0.05) is 31.4 Å². The van der Waals surface area contributed by atoms with E-state index >= 15 is 0 Å². The summed E-state index contributed by atoms with van der Waals surface area (Å²) in [4.78, 5) is 0. The van der Waals surface area contributed by atoms with E-state index in [1.807, 2.05) is 0 Å². The molecule has 0 saturated carbocycles. The van der Waals surface area contributed by atoms with Crippen molar-refractivity contribution < 1.29 is 13.2 Å². The van der Waals surface area contributed by atoms with Crippen LogP contribution in [0.4, 0.5) is 18.9 Å². The van der Waals surface area contributed by atoms with E-state index in [9.17, 15) is 13.2 Å². The number of anilines is 1. The smallest absolute Gasteiger partial charge is 0.283 e. The van der Waals surface area contributed by atoms with Crippen LogP contribution in [-0.4, -0.2) is 15.9 Å². The molecule has 0 amide bonds. The number of aromatic nitrogens is 2. The summed E-state index contributed by atoms with van der Waals surface area (Å²) >= 11 is 0. The Bertz CT molecular complexity index is 828. The number of alkyl halides is 3. The van der Waals surface area contributed by atoms with Crippen molar-refractivity contribution in [3.8, 4) is 0 Å². The summed E-state index contributed by atoms with van der Waals surface area (Å²) in [6.07, 6.45) is 2.20. The van der Waals surface area contributed by atoms with Crippen LogP contribution >= 0.6 is 0 Å². The summed E-state index contributed by atoms with van der Waals surface area (Å²) < 4.78 is 38.1. The summed E-state index contributed by atoms with van der Waals surface area (Å²) in [5, 5.41) is 12.6. The van der Waals surface area contributed by atoms with Crippen LogP contribution in [0.1, 0.15) is 11.1 Å². The van der Waals surface area contributed by atoms with Gasteiger partial charge in [0, 0.05) is 17.3 Å². The largest absolute Gasteiger partial charge is 0.416 e. The van der Waals surface area contributed by atoms with Crippen molar-refractivity contribution in [1.82, 2.24) is 10.2 Å². The first kappa shape index (κ1) is 15.8. The average molecular weight is 330 g/mol. The van der Waals surface area contributed by atoms with Gasteiger partial charge in [0.1, 0.15) is 5.69 Å². The predicted octanol–water partition coefficient (Wildman–Crippen LogP) is 4.28. The van der Waals surface area contributed by atoms with Gasteiger partial charge in [0.2, 0.25) is 0 Å². The van der Waals surface area contributed by atoms with Gasteiger partial charge in [-0.2, -0.15) is 23.4 Å². The quantitative estimate of drug-likeness (QED) is 0.913. The minimum atomic E-state index is -4.37. The molecule has 0 spiro atoms. The number of halogens is 3. The first-order valence-corrected chi connectivity index (χ1v) is 6.98.